The van der Waals surface area contributed by atoms with Gasteiger partial charge in [-0.05, 0) is 24.8 Å². The Hall–Kier alpha value is -0.340. The van der Waals surface area contributed by atoms with Crippen molar-refractivity contribution in [1.82, 2.24) is 0 Å². The van der Waals surface area contributed by atoms with Crippen molar-refractivity contribution in [2.75, 3.05) is 0 Å². The maximum absolute atomic E-state index is 9.40. The molecule has 1 aliphatic rings. The van der Waals surface area contributed by atoms with Crippen LogP contribution in [-0.4, -0.2) is 22.4 Å². The van der Waals surface area contributed by atoms with E-state index in [1.807, 2.05) is 0 Å². The Kier molecular flexibility index (Phi) is 3.09. The molecule has 0 aromatic carbocycles. The molecule has 1 aliphatic carbocycles. The summed E-state index contributed by atoms with van der Waals surface area (Å²) in [6.07, 6.45) is 3.56. The zero-order valence-electron chi connectivity index (χ0n) is 6.79. The molecule has 0 amide bonds. The lowest BCUT2D eigenvalue weighted by molar-refractivity contribution is 0.0300. The Morgan fingerprint density at radius 1 is 1.18 bits per heavy atom. The molecule has 0 aromatic rings. The van der Waals surface area contributed by atoms with E-state index in [0.717, 1.165) is 31.3 Å². The number of hydrogen-bond donors (Lipinski definition) is 2. The molecule has 2 nitrogen and oxygen atoms in total. The van der Waals surface area contributed by atoms with Crippen LogP contribution in [0.4, 0.5) is 0 Å². The summed E-state index contributed by atoms with van der Waals surface area (Å²) in [6, 6.07) is 0. The van der Waals surface area contributed by atoms with Gasteiger partial charge in [-0.3, -0.25) is 0 Å². The fourth-order valence-corrected chi connectivity index (χ4v) is 1.46. The quantitative estimate of drug-likeness (QED) is 0.518. The van der Waals surface area contributed by atoms with Crippen LogP contribution in [0.1, 0.15) is 32.1 Å². The summed E-state index contributed by atoms with van der Waals surface area (Å²) >= 11 is 0. The van der Waals surface area contributed by atoms with Gasteiger partial charge in [0.05, 0.1) is 6.10 Å². The second kappa shape index (κ2) is 3.88. The Morgan fingerprint density at radius 3 is 2.64 bits per heavy atom. The Morgan fingerprint density at radius 2 is 1.91 bits per heavy atom. The lowest BCUT2D eigenvalue weighted by atomic mass is 9.93. The van der Waals surface area contributed by atoms with E-state index in [1.54, 1.807) is 0 Å². The van der Waals surface area contributed by atoms with Gasteiger partial charge in [-0.1, -0.05) is 19.4 Å². The van der Waals surface area contributed by atoms with Gasteiger partial charge >= 0.3 is 0 Å². The van der Waals surface area contributed by atoms with E-state index in [-0.39, 0.29) is 0 Å². The zero-order valence-corrected chi connectivity index (χ0v) is 6.79. The van der Waals surface area contributed by atoms with Gasteiger partial charge in [-0.2, -0.15) is 0 Å². The van der Waals surface area contributed by atoms with Crippen LogP contribution in [0.15, 0.2) is 12.2 Å². The molecule has 11 heavy (non-hydrogen) atoms. The lowest BCUT2D eigenvalue weighted by Crippen LogP contribution is -2.28. The number of aliphatic hydroxyl groups excluding tert-OH is 2. The van der Waals surface area contributed by atoms with Crippen molar-refractivity contribution < 1.29 is 10.2 Å². The first-order valence-electron chi connectivity index (χ1n) is 4.25. The van der Waals surface area contributed by atoms with E-state index < -0.39 is 12.2 Å². The van der Waals surface area contributed by atoms with E-state index in [0.29, 0.717) is 6.42 Å². The normalized spacial score (nSPS) is 34.5. The smallest absolute Gasteiger partial charge is 0.101 e. The number of aliphatic hydroxyl groups is 2. The van der Waals surface area contributed by atoms with Gasteiger partial charge in [-0.25, -0.2) is 0 Å². The monoisotopic (exact) mass is 156 g/mol. The maximum Gasteiger partial charge on any atom is 0.101 e. The highest BCUT2D eigenvalue weighted by Gasteiger charge is 2.20. The predicted octanol–water partition coefficient (Wildman–Crippen LogP) is 1.23. The third-order valence-corrected chi connectivity index (χ3v) is 2.28. The van der Waals surface area contributed by atoms with Crippen LogP contribution in [-0.2, 0) is 0 Å². The predicted molar refractivity (Wildman–Crippen MR) is 44.2 cm³/mol. The molecule has 0 radical (unpaired) electrons. The van der Waals surface area contributed by atoms with Gasteiger partial charge < -0.3 is 10.2 Å². The van der Waals surface area contributed by atoms with Crippen molar-refractivity contribution in [2.45, 2.75) is 44.3 Å². The van der Waals surface area contributed by atoms with E-state index >= 15 is 0 Å². The molecule has 2 atom stereocenters. The molecule has 1 fully saturated rings. The van der Waals surface area contributed by atoms with Crippen LogP contribution in [0.25, 0.3) is 0 Å². The minimum absolute atomic E-state index is 0.581. The van der Waals surface area contributed by atoms with Crippen molar-refractivity contribution in [3.05, 3.63) is 12.2 Å². The first-order chi connectivity index (χ1) is 5.22. The molecule has 2 N–H and O–H groups in total. The topological polar surface area (TPSA) is 40.5 Å². The van der Waals surface area contributed by atoms with Gasteiger partial charge in [0.1, 0.15) is 6.10 Å². The average Bonchev–Trinajstić information content (AvgIpc) is 2.00. The summed E-state index contributed by atoms with van der Waals surface area (Å²) in [5, 5.41) is 18.7. The van der Waals surface area contributed by atoms with Crippen molar-refractivity contribution in [2.24, 2.45) is 0 Å². The zero-order chi connectivity index (χ0) is 8.27. The van der Waals surface area contributed by atoms with Gasteiger partial charge in [0.2, 0.25) is 0 Å². The molecular formula is C9H16O2. The summed E-state index contributed by atoms with van der Waals surface area (Å²) in [5.74, 6) is 0. The van der Waals surface area contributed by atoms with Gasteiger partial charge in [0, 0.05) is 0 Å². The highest BCUT2D eigenvalue weighted by molar-refractivity contribution is 5.04. The molecule has 0 aliphatic heterocycles. The van der Waals surface area contributed by atoms with Crippen LogP contribution in [0, 0.1) is 0 Å². The second-order valence-corrected chi connectivity index (χ2v) is 3.27. The molecule has 64 valence electrons. The molecule has 2 heteroatoms. The van der Waals surface area contributed by atoms with E-state index in [2.05, 4.69) is 6.58 Å². The SMILES string of the molecule is C=C1CCCCC[C@@H](O)[C@@H]1O. The van der Waals surface area contributed by atoms with Crippen LogP contribution >= 0.6 is 0 Å². The maximum atomic E-state index is 9.40. The van der Waals surface area contributed by atoms with Crippen LogP contribution in [0.2, 0.25) is 0 Å². The molecule has 0 unspecified atom stereocenters. The molecule has 1 rings (SSSR count). The summed E-state index contributed by atoms with van der Waals surface area (Å²) in [5.41, 5.74) is 0.789. The molecule has 0 bridgehead atoms. The van der Waals surface area contributed by atoms with E-state index in [4.69, 9.17) is 0 Å². The fraction of sp³-hybridized carbons (Fsp3) is 0.778. The molecule has 0 saturated heterocycles. The van der Waals surface area contributed by atoms with Crippen molar-refractivity contribution in [1.29, 1.82) is 0 Å². The average molecular weight is 156 g/mol. The van der Waals surface area contributed by atoms with Gasteiger partial charge in [-0.15, -0.1) is 0 Å². The third kappa shape index (κ3) is 2.31. The van der Waals surface area contributed by atoms with Gasteiger partial charge in [0.15, 0.2) is 0 Å². The first kappa shape index (κ1) is 8.75. The minimum Gasteiger partial charge on any atom is -0.390 e. The Labute approximate surface area is 67.6 Å². The molecule has 0 spiro atoms. The number of rotatable bonds is 0. The van der Waals surface area contributed by atoms with Crippen molar-refractivity contribution >= 4 is 0 Å². The summed E-state index contributed by atoms with van der Waals surface area (Å²) < 4.78 is 0. The van der Waals surface area contributed by atoms with Crippen LogP contribution in [0.3, 0.4) is 0 Å². The fourth-order valence-electron chi connectivity index (χ4n) is 1.46. The van der Waals surface area contributed by atoms with Crippen LogP contribution < -0.4 is 0 Å². The first-order valence-corrected chi connectivity index (χ1v) is 4.25. The third-order valence-electron chi connectivity index (χ3n) is 2.28. The summed E-state index contributed by atoms with van der Waals surface area (Å²) in [4.78, 5) is 0. The Balaban J connectivity index is 2.49. The molecule has 1 saturated carbocycles. The molecular weight excluding hydrogens is 140 g/mol. The second-order valence-electron chi connectivity index (χ2n) is 3.27. The van der Waals surface area contributed by atoms with Crippen molar-refractivity contribution in [3.63, 3.8) is 0 Å². The largest absolute Gasteiger partial charge is 0.390 e. The lowest BCUT2D eigenvalue weighted by Gasteiger charge is -2.22. The highest BCUT2D eigenvalue weighted by Crippen LogP contribution is 2.20. The standard InChI is InChI=1S/C9H16O2/c1-7-5-3-2-4-6-8(10)9(7)11/h8-11H,1-6H2/t8-,9-/m1/s1. The summed E-state index contributed by atoms with van der Waals surface area (Å²) in [7, 11) is 0. The molecule has 0 heterocycles. The van der Waals surface area contributed by atoms with Gasteiger partial charge in [0.25, 0.3) is 0 Å². The highest BCUT2D eigenvalue weighted by atomic mass is 16.3. The minimum atomic E-state index is -0.685. The van der Waals surface area contributed by atoms with Crippen molar-refractivity contribution in [3.8, 4) is 0 Å². The van der Waals surface area contributed by atoms with Crippen LogP contribution in [0.5, 0.6) is 0 Å². The Bertz CT molecular complexity index is 142. The van der Waals surface area contributed by atoms with E-state index in [1.165, 1.54) is 0 Å². The molecule has 0 aromatic heterocycles. The van der Waals surface area contributed by atoms with E-state index in [9.17, 15) is 10.2 Å². The summed E-state index contributed by atoms with van der Waals surface area (Å²) in [6.45, 7) is 3.74. The number of hydrogen-bond acceptors (Lipinski definition) is 2.